The molecule has 0 unspecified atom stereocenters. The highest BCUT2D eigenvalue weighted by atomic mass is 16.6. The van der Waals surface area contributed by atoms with Crippen molar-refractivity contribution in [2.75, 3.05) is 5.32 Å². The smallest absolute Gasteiger partial charge is 0.269 e. The number of hydrogen-bond donors (Lipinski definition) is 1. The number of benzene rings is 2. The summed E-state index contributed by atoms with van der Waals surface area (Å²) in [7, 11) is 0. The van der Waals surface area contributed by atoms with Crippen LogP contribution in [0.2, 0.25) is 0 Å². The highest BCUT2D eigenvalue weighted by Gasteiger charge is 2.15. The number of para-hydroxylation sites is 1. The zero-order valence-corrected chi connectivity index (χ0v) is 12.6. The number of hydrogen-bond acceptors (Lipinski definition) is 6. The second kappa shape index (κ2) is 6.29. The largest absolute Gasteiger partial charge is 0.334 e. The first-order valence-electron chi connectivity index (χ1n) is 7.00. The van der Waals surface area contributed by atoms with Crippen LogP contribution in [0.5, 0.6) is 0 Å². The lowest BCUT2D eigenvalue weighted by atomic mass is 10.1. The van der Waals surface area contributed by atoms with E-state index >= 15 is 0 Å². The normalized spacial score (nSPS) is 10.4. The lowest BCUT2D eigenvalue weighted by molar-refractivity contribution is -0.384. The molecule has 1 N–H and O–H groups in total. The zero-order valence-electron chi connectivity index (χ0n) is 12.6. The van der Waals surface area contributed by atoms with Gasteiger partial charge in [-0.3, -0.25) is 14.9 Å². The molecule has 0 aliphatic carbocycles. The van der Waals surface area contributed by atoms with Gasteiger partial charge in [0.15, 0.2) is 5.82 Å². The number of nitro benzene ring substituents is 1. The summed E-state index contributed by atoms with van der Waals surface area (Å²) in [6, 6.07) is 12.4. The van der Waals surface area contributed by atoms with E-state index in [1.807, 2.05) is 0 Å². The van der Waals surface area contributed by atoms with E-state index < -0.39 is 10.8 Å². The maximum atomic E-state index is 12.3. The van der Waals surface area contributed by atoms with E-state index in [2.05, 4.69) is 15.5 Å². The number of carbonyl (C=O) groups is 1. The van der Waals surface area contributed by atoms with Gasteiger partial charge in [-0.2, -0.15) is 4.98 Å². The second-order valence-corrected chi connectivity index (χ2v) is 4.95. The summed E-state index contributed by atoms with van der Waals surface area (Å²) in [6.45, 7) is 1.70. The van der Waals surface area contributed by atoms with E-state index in [1.165, 1.54) is 24.3 Å². The number of nitrogens with one attached hydrogen (secondary N) is 1. The molecule has 1 amide bonds. The van der Waals surface area contributed by atoms with Gasteiger partial charge < -0.3 is 9.84 Å². The fourth-order valence-electron chi connectivity index (χ4n) is 2.11. The Bertz CT molecular complexity index is 902. The Morgan fingerprint density at radius 1 is 1.17 bits per heavy atom. The molecule has 0 atom stereocenters. The van der Waals surface area contributed by atoms with E-state index in [-0.39, 0.29) is 5.69 Å². The lowest BCUT2D eigenvalue weighted by Crippen LogP contribution is -2.12. The number of rotatable bonds is 4. The zero-order chi connectivity index (χ0) is 17.1. The third-order valence-electron chi connectivity index (χ3n) is 3.27. The van der Waals surface area contributed by atoms with Crippen molar-refractivity contribution in [2.24, 2.45) is 0 Å². The van der Waals surface area contributed by atoms with Gasteiger partial charge in [-0.1, -0.05) is 17.3 Å². The fraction of sp³-hybridized carbons (Fsp3) is 0.0625. The number of aryl methyl sites for hydroxylation is 1. The van der Waals surface area contributed by atoms with Crippen LogP contribution in [0.15, 0.2) is 53.1 Å². The number of anilines is 1. The third kappa shape index (κ3) is 3.12. The standard InChI is InChI=1S/C16H12N4O4/c1-10-17-16(24-19-10)13-4-2-3-5-14(13)18-15(21)11-6-8-12(9-7-11)20(22)23/h2-9H,1H3,(H,18,21). The van der Waals surface area contributed by atoms with Gasteiger partial charge in [0.2, 0.25) is 0 Å². The minimum atomic E-state index is -0.519. The predicted octanol–water partition coefficient (Wildman–Crippen LogP) is 3.21. The molecule has 24 heavy (non-hydrogen) atoms. The molecule has 0 fully saturated rings. The van der Waals surface area contributed by atoms with Crippen molar-refractivity contribution >= 4 is 17.3 Å². The van der Waals surface area contributed by atoms with Crippen LogP contribution < -0.4 is 5.32 Å². The molecule has 0 radical (unpaired) electrons. The van der Waals surface area contributed by atoms with Crippen molar-refractivity contribution in [1.29, 1.82) is 0 Å². The molecule has 0 bridgehead atoms. The van der Waals surface area contributed by atoms with Crippen LogP contribution in [0.3, 0.4) is 0 Å². The molecule has 3 rings (SSSR count). The molecule has 8 heteroatoms. The molecule has 8 nitrogen and oxygen atoms in total. The monoisotopic (exact) mass is 324 g/mol. The lowest BCUT2D eigenvalue weighted by Gasteiger charge is -2.08. The van der Waals surface area contributed by atoms with Crippen molar-refractivity contribution < 1.29 is 14.2 Å². The van der Waals surface area contributed by atoms with Crippen molar-refractivity contribution in [3.05, 3.63) is 70.0 Å². The topological polar surface area (TPSA) is 111 Å². The van der Waals surface area contributed by atoms with Crippen LogP contribution in [0, 0.1) is 17.0 Å². The van der Waals surface area contributed by atoms with Crippen LogP contribution >= 0.6 is 0 Å². The maximum absolute atomic E-state index is 12.3. The Kier molecular flexibility index (Phi) is 4.02. The molecule has 0 spiro atoms. The molecule has 0 saturated heterocycles. The summed E-state index contributed by atoms with van der Waals surface area (Å²) in [5, 5.41) is 17.1. The van der Waals surface area contributed by atoms with Crippen molar-refractivity contribution in [3.8, 4) is 11.5 Å². The average molecular weight is 324 g/mol. The van der Waals surface area contributed by atoms with Gasteiger partial charge in [-0.25, -0.2) is 0 Å². The van der Waals surface area contributed by atoms with Crippen molar-refractivity contribution in [3.63, 3.8) is 0 Å². The summed E-state index contributed by atoms with van der Waals surface area (Å²) < 4.78 is 5.13. The van der Waals surface area contributed by atoms with Crippen LogP contribution in [-0.2, 0) is 0 Å². The number of amides is 1. The minimum absolute atomic E-state index is 0.0757. The van der Waals surface area contributed by atoms with E-state index in [9.17, 15) is 14.9 Å². The number of nitro groups is 1. The average Bonchev–Trinajstić information content (AvgIpc) is 3.01. The van der Waals surface area contributed by atoms with Gasteiger partial charge >= 0.3 is 0 Å². The summed E-state index contributed by atoms with van der Waals surface area (Å²) in [5.74, 6) is 0.391. The molecular formula is C16H12N4O4. The highest BCUT2D eigenvalue weighted by molar-refractivity contribution is 6.06. The number of carbonyl (C=O) groups excluding carboxylic acids is 1. The van der Waals surface area contributed by atoms with Crippen LogP contribution in [-0.4, -0.2) is 21.0 Å². The molecule has 3 aromatic rings. The molecular weight excluding hydrogens is 312 g/mol. The predicted molar refractivity (Wildman–Crippen MR) is 85.5 cm³/mol. The Morgan fingerprint density at radius 2 is 1.88 bits per heavy atom. The molecule has 1 heterocycles. The quantitative estimate of drug-likeness (QED) is 0.582. The summed E-state index contributed by atoms with van der Waals surface area (Å²) in [5.41, 5.74) is 1.32. The van der Waals surface area contributed by atoms with Crippen LogP contribution in [0.1, 0.15) is 16.2 Å². The molecule has 0 aliphatic heterocycles. The van der Waals surface area contributed by atoms with E-state index in [0.717, 1.165) is 0 Å². The fourth-order valence-corrected chi connectivity index (χ4v) is 2.11. The summed E-state index contributed by atoms with van der Waals surface area (Å²) in [4.78, 5) is 26.6. The summed E-state index contributed by atoms with van der Waals surface area (Å²) in [6.07, 6.45) is 0. The summed E-state index contributed by atoms with van der Waals surface area (Å²) >= 11 is 0. The van der Waals surface area contributed by atoms with Gasteiger partial charge in [0, 0.05) is 17.7 Å². The Hall–Kier alpha value is -3.55. The van der Waals surface area contributed by atoms with E-state index in [1.54, 1.807) is 31.2 Å². The first-order chi connectivity index (χ1) is 11.5. The van der Waals surface area contributed by atoms with E-state index in [4.69, 9.17) is 4.52 Å². The van der Waals surface area contributed by atoms with Gasteiger partial charge in [-0.15, -0.1) is 0 Å². The number of aromatic nitrogens is 2. The first kappa shape index (κ1) is 15.3. The third-order valence-corrected chi connectivity index (χ3v) is 3.27. The molecule has 1 aromatic heterocycles. The molecule has 2 aromatic carbocycles. The number of non-ortho nitro benzene ring substituents is 1. The molecule has 120 valence electrons. The van der Waals surface area contributed by atoms with Crippen molar-refractivity contribution in [1.82, 2.24) is 10.1 Å². The Labute approximate surface area is 136 Å². The molecule has 0 saturated carbocycles. The van der Waals surface area contributed by atoms with Gasteiger partial charge in [-0.05, 0) is 31.2 Å². The van der Waals surface area contributed by atoms with Gasteiger partial charge in [0.1, 0.15) is 0 Å². The van der Waals surface area contributed by atoms with Crippen molar-refractivity contribution in [2.45, 2.75) is 6.92 Å². The van der Waals surface area contributed by atoms with Crippen LogP contribution in [0.25, 0.3) is 11.5 Å². The molecule has 0 aliphatic rings. The number of nitrogens with zero attached hydrogens (tertiary/aromatic N) is 3. The first-order valence-corrected chi connectivity index (χ1v) is 7.00. The Morgan fingerprint density at radius 3 is 2.50 bits per heavy atom. The maximum Gasteiger partial charge on any atom is 0.269 e. The van der Waals surface area contributed by atoms with Gasteiger partial charge in [0.25, 0.3) is 17.5 Å². The minimum Gasteiger partial charge on any atom is -0.334 e. The van der Waals surface area contributed by atoms with Gasteiger partial charge in [0.05, 0.1) is 16.2 Å². The van der Waals surface area contributed by atoms with E-state index in [0.29, 0.717) is 28.5 Å². The van der Waals surface area contributed by atoms with Crippen LogP contribution in [0.4, 0.5) is 11.4 Å². The SMILES string of the molecule is Cc1noc(-c2ccccc2NC(=O)c2ccc([N+](=O)[O-])cc2)n1. The Balaban J connectivity index is 1.86. The highest BCUT2D eigenvalue weighted by Crippen LogP contribution is 2.26. The second-order valence-electron chi connectivity index (χ2n) is 4.95.